The van der Waals surface area contributed by atoms with Crippen molar-refractivity contribution in [3.63, 3.8) is 0 Å². The van der Waals surface area contributed by atoms with Crippen LogP contribution in [0, 0.1) is 54.0 Å². The Kier molecular flexibility index (Phi) is 31.8. The molecule has 5 N–H and O–H groups in total. The average molecular weight is 1590 g/mol. The molecule has 5 fully saturated rings. The number of fused-ring (bicyclic) bond motifs is 2. The zero-order chi connectivity index (χ0) is 79.9. The summed E-state index contributed by atoms with van der Waals surface area (Å²) in [5, 5.41) is 20.1. The van der Waals surface area contributed by atoms with Crippen LogP contribution in [0.3, 0.4) is 0 Å². The van der Waals surface area contributed by atoms with Gasteiger partial charge >= 0.3 is 0 Å². The van der Waals surface area contributed by atoms with E-state index in [1.807, 2.05) is 85.1 Å². The van der Waals surface area contributed by atoms with Crippen LogP contribution in [-0.4, -0.2) is 79.4 Å². The van der Waals surface area contributed by atoms with Crippen LogP contribution in [0.1, 0.15) is 128 Å². The number of ether oxygens (including phenoxy) is 8. The first kappa shape index (κ1) is 83.6. The Bertz CT molecular complexity index is 4750. The molecule has 6 aliphatic rings. The molecule has 6 aliphatic heterocycles. The van der Waals surface area contributed by atoms with Gasteiger partial charge in [-0.3, -0.25) is 0 Å². The molecule has 4 unspecified atom stereocenters. The van der Waals surface area contributed by atoms with Crippen molar-refractivity contribution in [2.45, 2.75) is 102 Å². The highest BCUT2D eigenvalue weighted by molar-refractivity contribution is 6.30. The summed E-state index contributed by atoms with van der Waals surface area (Å²) in [6.07, 6.45) is 12.8. The largest absolute Gasteiger partial charge is 0.504 e. The second-order valence-electron chi connectivity index (χ2n) is 30.4. The summed E-state index contributed by atoms with van der Waals surface area (Å²) in [6.45, 7) is 12.8. The summed E-state index contributed by atoms with van der Waals surface area (Å²) in [7, 11) is 1.73. The SMILES string of the molecule is COC=C(c1ccccc1)C1CCNCC1.Cc1ccccc1OC(c1ccccc1)C1CCNCC1.Clc1ccc(C(Oc2cccc3ccccc23)C2CCNCC2)cc1.Fc1cc(COc2ccc3c(c2)OCO3)cc(OC(c2ccccc2)C2CCNCC2)c1.Fc1cc(F)cc(OC(c2ccccc2)C2CCNCC2)c1. The molecule has 11 aromatic carbocycles. The molecule has 116 heavy (non-hydrogen) atoms. The Morgan fingerprint density at radius 3 is 1.33 bits per heavy atom. The molecule has 5 saturated heterocycles. The summed E-state index contributed by atoms with van der Waals surface area (Å²) in [4.78, 5) is 0. The van der Waals surface area contributed by atoms with Gasteiger partial charge in [0, 0.05) is 64.4 Å². The van der Waals surface area contributed by atoms with Crippen LogP contribution >= 0.6 is 11.6 Å². The Balaban J connectivity index is 0.000000128. The maximum absolute atomic E-state index is 14.4. The first-order valence-electron chi connectivity index (χ1n) is 41.2. The van der Waals surface area contributed by atoms with Gasteiger partial charge in [0.1, 0.15) is 77.2 Å². The maximum Gasteiger partial charge on any atom is 0.231 e. The van der Waals surface area contributed by atoms with Gasteiger partial charge in [0.15, 0.2) is 11.5 Å². The molecule has 0 saturated carbocycles. The molecular weight excluding hydrogens is 1480 g/mol. The van der Waals surface area contributed by atoms with Gasteiger partial charge in [0.25, 0.3) is 0 Å². The predicted octanol–water partition coefficient (Wildman–Crippen LogP) is 21.7. The van der Waals surface area contributed by atoms with Gasteiger partial charge in [-0.25, -0.2) is 13.2 Å². The molecule has 0 aliphatic carbocycles. The van der Waals surface area contributed by atoms with Crippen molar-refractivity contribution < 1.29 is 51.1 Å². The first-order valence-corrected chi connectivity index (χ1v) is 41.6. The molecular formula is C99H109ClF3N5O8. The third-order valence-electron chi connectivity index (χ3n) is 22.4. The van der Waals surface area contributed by atoms with Crippen LogP contribution in [0.25, 0.3) is 16.3 Å². The smallest absolute Gasteiger partial charge is 0.231 e. The molecule has 0 bridgehead atoms. The summed E-state index contributed by atoms with van der Waals surface area (Å²) in [5.74, 6) is 5.53. The summed E-state index contributed by atoms with van der Waals surface area (Å²) >= 11 is 6.09. The monoisotopic (exact) mass is 1590 g/mol. The van der Waals surface area contributed by atoms with E-state index in [1.54, 1.807) is 19.2 Å². The fourth-order valence-electron chi connectivity index (χ4n) is 16.3. The predicted molar refractivity (Wildman–Crippen MR) is 458 cm³/mol. The Labute approximate surface area is 687 Å². The van der Waals surface area contributed by atoms with Crippen LogP contribution < -0.4 is 59.7 Å². The number of benzene rings is 11. The number of hydrogen-bond acceptors (Lipinski definition) is 13. The van der Waals surface area contributed by atoms with E-state index in [9.17, 15) is 13.2 Å². The van der Waals surface area contributed by atoms with Crippen molar-refractivity contribution in [2.24, 2.45) is 29.6 Å². The molecule has 0 radical (unpaired) electrons. The number of aryl methyl sites for hydroxylation is 1. The minimum Gasteiger partial charge on any atom is -0.504 e. The van der Waals surface area contributed by atoms with Crippen LogP contribution in [0.5, 0.6) is 40.2 Å². The lowest BCUT2D eigenvalue weighted by Gasteiger charge is -2.32. The zero-order valence-electron chi connectivity index (χ0n) is 66.5. The van der Waals surface area contributed by atoms with Crippen molar-refractivity contribution in [2.75, 3.05) is 79.4 Å². The fraction of sp³-hybridized carbons (Fsp3) is 0.333. The van der Waals surface area contributed by atoms with Crippen molar-refractivity contribution in [1.82, 2.24) is 26.6 Å². The topological polar surface area (TPSA) is 134 Å². The Morgan fingerprint density at radius 2 is 0.810 bits per heavy atom. The average Bonchev–Trinajstić information content (AvgIpc) is 0.917. The molecule has 17 rings (SSSR count). The van der Waals surface area contributed by atoms with Crippen molar-refractivity contribution >= 4 is 27.9 Å². The molecule has 4 atom stereocenters. The first-order chi connectivity index (χ1) is 57.0. The van der Waals surface area contributed by atoms with E-state index in [0.29, 0.717) is 58.2 Å². The van der Waals surface area contributed by atoms with Crippen LogP contribution in [-0.2, 0) is 11.3 Å². The quantitative estimate of drug-likeness (QED) is 0.0413. The zero-order valence-corrected chi connectivity index (χ0v) is 67.3. The van der Waals surface area contributed by atoms with Gasteiger partial charge in [-0.1, -0.05) is 200 Å². The van der Waals surface area contributed by atoms with Crippen molar-refractivity contribution in [1.29, 1.82) is 0 Å². The number of nitrogens with one attached hydrogen (secondary N) is 5. The van der Waals surface area contributed by atoms with Crippen LogP contribution in [0.4, 0.5) is 13.2 Å². The van der Waals surface area contributed by atoms with Crippen LogP contribution in [0.2, 0.25) is 5.02 Å². The number of halogens is 4. The van der Waals surface area contributed by atoms with E-state index in [1.165, 1.54) is 83.2 Å². The van der Waals surface area contributed by atoms with Gasteiger partial charge in [-0.05, 0) is 241 Å². The second-order valence-corrected chi connectivity index (χ2v) is 30.9. The van der Waals surface area contributed by atoms with Crippen LogP contribution in [0.15, 0.2) is 273 Å². The lowest BCUT2D eigenvalue weighted by Crippen LogP contribution is -2.32. The van der Waals surface area contributed by atoms with E-state index in [2.05, 4.69) is 179 Å². The van der Waals surface area contributed by atoms with Gasteiger partial charge in [-0.15, -0.1) is 0 Å². The molecule has 0 aromatic heterocycles. The highest BCUT2D eigenvalue weighted by Crippen LogP contribution is 2.42. The Morgan fingerprint density at radius 1 is 0.397 bits per heavy atom. The highest BCUT2D eigenvalue weighted by Gasteiger charge is 2.32. The minimum atomic E-state index is -0.618. The molecule has 0 amide bonds. The van der Waals surface area contributed by atoms with Crippen molar-refractivity contribution in [3.8, 4) is 40.2 Å². The molecule has 6 heterocycles. The van der Waals surface area contributed by atoms with E-state index >= 15 is 0 Å². The summed E-state index contributed by atoms with van der Waals surface area (Å²) in [6, 6.07) is 85.8. The third-order valence-corrected chi connectivity index (χ3v) is 22.6. The number of methoxy groups -OCH3 is 1. The lowest BCUT2D eigenvalue weighted by molar-refractivity contribution is 0.112. The summed E-state index contributed by atoms with van der Waals surface area (Å²) < 4.78 is 88.5. The standard InChI is InChI=1S/C26H26FNO4.C22H22ClNO.C19H23NO.C18H19F2NO.C14H19NO/c27-21-12-18(16-29-22-6-7-24-25(15-22)31-17-30-24)13-23(14-21)32-26(19-4-2-1-3-5-19)20-8-10-28-11-9-20;23-19-10-8-17(9-11-19)22(18-12-14-24-15-13-18)25-21-7-3-5-16-4-1-2-6-20(16)21;1-15-7-5-6-10-18(15)21-19(16-8-3-2-4-9-16)17-11-13-20-14-12-17;19-15-10-16(20)12-17(11-15)22-18(13-4-2-1-3-5-13)14-6-8-21-9-7-14;1-16-11-14(12-5-3-2-4-6-12)13-7-9-15-10-8-13/h1-7,12-15,20,26,28H,8-11,16-17H2;1-11,18,22,24H,12-15H2;2-10,17,19-20H,11-14H2,1H3;1-5,10-12,14,18,21H,6-9H2;2-6,11,13,15H,7-10H2,1H3. The van der Waals surface area contributed by atoms with Crippen molar-refractivity contribution in [3.05, 3.63) is 335 Å². The number of piperidine rings is 5. The van der Waals surface area contributed by atoms with E-state index in [-0.39, 0.29) is 49.4 Å². The Hall–Kier alpha value is -10.3. The number of allylic oxidation sites excluding steroid dienone is 1. The minimum absolute atomic E-state index is 0.0465. The summed E-state index contributed by atoms with van der Waals surface area (Å²) in [5.41, 5.74) is 9.17. The van der Waals surface area contributed by atoms with E-state index in [4.69, 9.17) is 49.5 Å². The molecule has 17 heteroatoms. The third kappa shape index (κ3) is 24.6. The maximum atomic E-state index is 14.4. The molecule has 13 nitrogen and oxygen atoms in total. The molecule has 0 spiro atoms. The van der Waals surface area contributed by atoms with Gasteiger partial charge in [-0.2, -0.15) is 0 Å². The number of rotatable bonds is 22. The normalized spacial score (nSPS) is 17.1. The number of hydrogen-bond donors (Lipinski definition) is 5. The van der Waals surface area contributed by atoms with Gasteiger partial charge in [0.2, 0.25) is 6.79 Å². The van der Waals surface area contributed by atoms with Gasteiger partial charge in [0.05, 0.1) is 13.4 Å². The lowest BCUT2D eigenvalue weighted by atomic mass is 9.86. The van der Waals surface area contributed by atoms with Gasteiger partial charge < -0.3 is 64.5 Å². The fourth-order valence-corrected chi connectivity index (χ4v) is 16.4. The highest BCUT2D eigenvalue weighted by atomic mass is 35.5. The van der Waals surface area contributed by atoms with E-state index in [0.717, 1.165) is 143 Å². The molecule has 11 aromatic rings. The van der Waals surface area contributed by atoms with E-state index < -0.39 is 11.6 Å². The molecule has 606 valence electrons. The second kappa shape index (κ2) is 44.1. The number of para-hydroxylation sites is 1.